The third kappa shape index (κ3) is 3.45. The molecule has 2 aromatic carbocycles. The highest BCUT2D eigenvalue weighted by molar-refractivity contribution is 9.09. The fourth-order valence-electron chi connectivity index (χ4n) is 2.20. The molecule has 0 aliphatic heterocycles. The molecule has 108 valence electrons. The first-order valence-corrected chi connectivity index (χ1v) is 8.13. The second-order valence-electron chi connectivity index (χ2n) is 5.12. The summed E-state index contributed by atoms with van der Waals surface area (Å²) >= 11 is 3.43. The van der Waals surface area contributed by atoms with Crippen LogP contribution in [0.4, 0.5) is 0 Å². The summed E-state index contributed by atoms with van der Waals surface area (Å²) < 4.78 is 11.9. The smallest absolute Gasteiger partial charge is 0.130 e. The lowest BCUT2D eigenvalue weighted by atomic mass is 10.0. The summed E-state index contributed by atoms with van der Waals surface area (Å²) in [5.41, 5.74) is 1.12. The van der Waals surface area contributed by atoms with Gasteiger partial charge in [-0.2, -0.15) is 0 Å². The van der Waals surface area contributed by atoms with E-state index in [-0.39, 0.29) is 6.10 Å². The number of alkyl halides is 1. The molecule has 0 saturated carbocycles. The van der Waals surface area contributed by atoms with Gasteiger partial charge in [0.1, 0.15) is 11.5 Å². The molecule has 0 fully saturated rings. The zero-order valence-electron chi connectivity index (χ0n) is 12.3. The molecular formula is C17H21BrO2. The highest BCUT2D eigenvalue weighted by atomic mass is 79.9. The van der Waals surface area contributed by atoms with Crippen molar-refractivity contribution in [3.8, 4) is 11.5 Å². The van der Waals surface area contributed by atoms with E-state index in [1.807, 2.05) is 12.1 Å². The second kappa shape index (κ2) is 6.98. The number of benzene rings is 2. The van der Waals surface area contributed by atoms with E-state index >= 15 is 0 Å². The molecule has 0 heterocycles. The molecule has 0 aromatic heterocycles. The summed E-state index contributed by atoms with van der Waals surface area (Å²) in [4.78, 5) is 0. The molecule has 0 aliphatic rings. The molecule has 0 unspecified atom stereocenters. The van der Waals surface area contributed by atoms with Crippen LogP contribution in [0.25, 0.3) is 10.8 Å². The van der Waals surface area contributed by atoms with Gasteiger partial charge in [0, 0.05) is 16.1 Å². The molecule has 0 bridgehead atoms. The topological polar surface area (TPSA) is 18.5 Å². The van der Waals surface area contributed by atoms with Crippen molar-refractivity contribution in [1.82, 2.24) is 0 Å². The lowest BCUT2D eigenvalue weighted by Crippen LogP contribution is -2.08. The Morgan fingerprint density at radius 2 is 1.85 bits per heavy atom. The van der Waals surface area contributed by atoms with E-state index in [0.29, 0.717) is 0 Å². The van der Waals surface area contributed by atoms with Gasteiger partial charge in [0.2, 0.25) is 0 Å². The van der Waals surface area contributed by atoms with Crippen molar-refractivity contribution in [2.24, 2.45) is 0 Å². The molecule has 0 aliphatic carbocycles. The highest BCUT2D eigenvalue weighted by Gasteiger charge is 2.12. The van der Waals surface area contributed by atoms with E-state index in [4.69, 9.17) is 9.47 Å². The van der Waals surface area contributed by atoms with Crippen LogP contribution in [-0.4, -0.2) is 18.0 Å². The zero-order chi connectivity index (χ0) is 14.5. The molecule has 0 radical (unpaired) electrons. The number of rotatable bonds is 6. The maximum Gasteiger partial charge on any atom is 0.130 e. The molecule has 2 nitrogen and oxygen atoms in total. The molecule has 0 spiro atoms. The van der Waals surface area contributed by atoms with Crippen LogP contribution < -0.4 is 9.47 Å². The summed E-state index contributed by atoms with van der Waals surface area (Å²) in [6.07, 6.45) is 1.16. The average molecular weight is 337 g/mol. The molecule has 0 saturated heterocycles. The van der Waals surface area contributed by atoms with Crippen LogP contribution in [0, 0.1) is 6.92 Å². The molecule has 20 heavy (non-hydrogen) atoms. The fraction of sp³-hybridized carbons (Fsp3) is 0.412. The largest absolute Gasteiger partial charge is 0.493 e. The Labute approximate surface area is 129 Å². The van der Waals surface area contributed by atoms with Crippen LogP contribution in [0.1, 0.15) is 25.8 Å². The Morgan fingerprint density at radius 3 is 2.50 bits per heavy atom. The number of aryl methyl sites for hydroxylation is 1. The minimum atomic E-state index is 0.164. The van der Waals surface area contributed by atoms with Crippen molar-refractivity contribution in [2.75, 3.05) is 11.9 Å². The number of hydrogen-bond acceptors (Lipinski definition) is 2. The van der Waals surface area contributed by atoms with Gasteiger partial charge in [-0.25, -0.2) is 0 Å². The molecule has 2 aromatic rings. The van der Waals surface area contributed by atoms with E-state index in [1.54, 1.807) is 0 Å². The Bertz CT molecular complexity index is 578. The summed E-state index contributed by atoms with van der Waals surface area (Å²) in [6.45, 7) is 6.89. The lowest BCUT2D eigenvalue weighted by molar-refractivity contribution is 0.243. The Morgan fingerprint density at radius 1 is 1.15 bits per heavy atom. The quantitative estimate of drug-likeness (QED) is 0.539. The van der Waals surface area contributed by atoms with Crippen LogP contribution >= 0.6 is 15.9 Å². The van der Waals surface area contributed by atoms with Crippen molar-refractivity contribution in [3.05, 3.63) is 35.9 Å². The first-order chi connectivity index (χ1) is 9.63. The molecule has 3 heteroatoms. The maximum absolute atomic E-state index is 5.98. The van der Waals surface area contributed by atoms with E-state index < -0.39 is 0 Å². The normalized spacial score (nSPS) is 11.1. The van der Waals surface area contributed by atoms with Crippen LogP contribution in [0.3, 0.4) is 0 Å². The van der Waals surface area contributed by atoms with Gasteiger partial charge in [0.25, 0.3) is 0 Å². The number of ether oxygens (including phenoxy) is 2. The van der Waals surface area contributed by atoms with Gasteiger partial charge in [-0.3, -0.25) is 0 Å². The fourth-order valence-corrected chi connectivity index (χ4v) is 2.43. The van der Waals surface area contributed by atoms with Crippen LogP contribution in [0.15, 0.2) is 30.3 Å². The standard InChI is InChI=1S/C17H21BrO2/c1-12(2)20-17-13(3)11-16(19-10-6-9-18)14-7-4-5-8-15(14)17/h4-5,7-8,11-12H,6,9-10H2,1-3H3. The summed E-state index contributed by atoms with van der Waals surface area (Å²) in [5, 5.41) is 3.19. The third-order valence-electron chi connectivity index (χ3n) is 3.03. The van der Waals surface area contributed by atoms with Gasteiger partial charge in [-0.1, -0.05) is 40.2 Å². The van der Waals surface area contributed by atoms with Crippen molar-refractivity contribution < 1.29 is 9.47 Å². The van der Waals surface area contributed by atoms with Gasteiger partial charge < -0.3 is 9.47 Å². The average Bonchev–Trinajstić information content (AvgIpc) is 2.43. The van der Waals surface area contributed by atoms with E-state index in [1.165, 1.54) is 0 Å². The van der Waals surface area contributed by atoms with Crippen molar-refractivity contribution in [1.29, 1.82) is 0 Å². The summed E-state index contributed by atoms with van der Waals surface area (Å²) in [5.74, 6) is 1.90. The van der Waals surface area contributed by atoms with Gasteiger partial charge in [-0.05, 0) is 38.8 Å². The predicted molar refractivity (Wildman–Crippen MR) is 88.4 cm³/mol. The van der Waals surface area contributed by atoms with Gasteiger partial charge >= 0.3 is 0 Å². The van der Waals surface area contributed by atoms with E-state index in [0.717, 1.165) is 46.2 Å². The van der Waals surface area contributed by atoms with E-state index in [2.05, 4.69) is 54.9 Å². The maximum atomic E-state index is 5.98. The Hall–Kier alpha value is -1.22. The Kier molecular flexibility index (Phi) is 5.30. The number of fused-ring (bicyclic) bond motifs is 1. The van der Waals surface area contributed by atoms with Crippen molar-refractivity contribution in [2.45, 2.75) is 33.3 Å². The summed E-state index contributed by atoms with van der Waals surface area (Å²) in [7, 11) is 0. The third-order valence-corrected chi connectivity index (χ3v) is 3.59. The first kappa shape index (κ1) is 15.2. The minimum absolute atomic E-state index is 0.164. The van der Waals surface area contributed by atoms with Crippen LogP contribution in [0.2, 0.25) is 0 Å². The minimum Gasteiger partial charge on any atom is -0.493 e. The second-order valence-corrected chi connectivity index (χ2v) is 5.92. The van der Waals surface area contributed by atoms with E-state index in [9.17, 15) is 0 Å². The monoisotopic (exact) mass is 336 g/mol. The first-order valence-electron chi connectivity index (χ1n) is 7.01. The van der Waals surface area contributed by atoms with Gasteiger partial charge in [-0.15, -0.1) is 0 Å². The zero-order valence-corrected chi connectivity index (χ0v) is 13.9. The van der Waals surface area contributed by atoms with Gasteiger partial charge in [0.15, 0.2) is 0 Å². The number of halogens is 1. The molecular weight excluding hydrogens is 316 g/mol. The molecule has 0 N–H and O–H groups in total. The summed E-state index contributed by atoms with van der Waals surface area (Å²) in [6, 6.07) is 10.3. The van der Waals surface area contributed by atoms with Crippen LogP contribution in [0.5, 0.6) is 11.5 Å². The number of hydrogen-bond donors (Lipinski definition) is 0. The SMILES string of the molecule is Cc1cc(OCCCBr)c2ccccc2c1OC(C)C. The highest BCUT2D eigenvalue weighted by Crippen LogP contribution is 2.37. The predicted octanol–water partition coefficient (Wildman–Crippen LogP) is 5.10. The van der Waals surface area contributed by atoms with Crippen LogP contribution in [-0.2, 0) is 0 Å². The molecule has 2 rings (SSSR count). The molecule has 0 amide bonds. The van der Waals surface area contributed by atoms with Crippen molar-refractivity contribution >= 4 is 26.7 Å². The van der Waals surface area contributed by atoms with Crippen molar-refractivity contribution in [3.63, 3.8) is 0 Å². The lowest BCUT2D eigenvalue weighted by Gasteiger charge is -2.18. The molecule has 0 atom stereocenters. The Balaban J connectivity index is 2.45. The van der Waals surface area contributed by atoms with Gasteiger partial charge in [0.05, 0.1) is 12.7 Å².